The van der Waals surface area contributed by atoms with Gasteiger partial charge in [0.05, 0.1) is 6.54 Å². The molecule has 0 aliphatic heterocycles. The van der Waals surface area contributed by atoms with Crippen LogP contribution < -0.4 is 11.1 Å². The van der Waals surface area contributed by atoms with Gasteiger partial charge in [0.2, 0.25) is 5.91 Å². The lowest BCUT2D eigenvalue weighted by Gasteiger charge is -2.17. The summed E-state index contributed by atoms with van der Waals surface area (Å²) < 4.78 is 0. The molecule has 0 aliphatic carbocycles. The number of nitrogens with two attached hydrogens (primary N) is 1. The molecule has 0 bridgehead atoms. The summed E-state index contributed by atoms with van der Waals surface area (Å²) in [6.07, 6.45) is 0.851. The number of hydrogen-bond donors (Lipinski definition) is 2. The quantitative estimate of drug-likeness (QED) is 0.828. The smallest absolute Gasteiger partial charge is 0.227 e. The zero-order valence-corrected chi connectivity index (χ0v) is 12.8. The molecule has 0 fully saturated rings. The highest BCUT2D eigenvalue weighted by Crippen LogP contribution is 2.20. The fourth-order valence-electron chi connectivity index (χ4n) is 1.79. The van der Waals surface area contributed by atoms with E-state index < -0.39 is 0 Å². The van der Waals surface area contributed by atoms with Crippen molar-refractivity contribution in [2.24, 2.45) is 17.6 Å². The van der Waals surface area contributed by atoms with E-state index in [1.807, 2.05) is 25.1 Å². The molecular weight excluding hydrogens is 248 g/mol. The Kier molecular flexibility index (Phi) is 6.27. The van der Waals surface area contributed by atoms with E-state index in [9.17, 15) is 4.79 Å². The van der Waals surface area contributed by atoms with Crippen molar-refractivity contribution in [1.82, 2.24) is 0 Å². The van der Waals surface area contributed by atoms with Crippen molar-refractivity contribution in [2.45, 2.75) is 34.1 Å². The van der Waals surface area contributed by atoms with Crippen LogP contribution in [0.5, 0.6) is 0 Å². The van der Waals surface area contributed by atoms with E-state index in [4.69, 9.17) is 5.73 Å². The third-order valence-corrected chi connectivity index (χ3v) is 3.49. The summed E-state index contributed by atoms with van der Waals surface area (Å²) in [5, 5.41) is 3.01. The molecule has 1 unspecified atom stereocenters. The average Bonchev–Trinajstić information content (AvgIpc) is 2.44. The lowest BCUT2D eigenvalue weighted by Crippen LogP contribution is -2.24. The minimum Gasteiger partial charge on any atom is -0.326 e. The number of amides is 1. The van der Waals surface area contributed by atoms with Crippen molar-refractivity contribution in [3.8, 4) is 11.8 Å². The highest BCUT2D eigenvalue weighted by atomic mass is 16.1. The van der Waals surface area contributed by atoms with Crippen LogP contribution in [0, 0.1) is 23.7 Å². The Bertz CT molecular complexity index is 524. The van der Waals surface area contributed by atoms with Crippen molar-refractivity contribution >= 4 is 11.6 Å². The van der Waals surface area contributed by atoms with E-state index in [0.29, 0.717) is 12.5 Å². The molecule has 3 heteroatoms. The molecule has 0 saturated carbocycles. The van der Waals surface area contributed by atoms with E-state index in [1.165, 1.54) is 0 Å². The average molecular weight is 272 g/mol. The maximum absolute atomic E-state index is 12.1. The predicted octanol–water partition coefficient (Wildman–Crippen LogP) is 2.79. The van der Waals surface area contributed by atoms with Crippen LogP contribution in [0.1, 0.15) is 38.8 Å². The Labute approximate surface area is 121 Å². The summed E-state index contributed by atoms with van der Waals surface area (Å²) in [4.78, 5) is 12.1. The Balaban J connectivity index is 2.93. The Morgan fingerprint density at radius 3 is 2.60 bits per heavy atom. The lowest BCUT2D eigenvalue weighted by molar-refractivity contribution is -0.120. The van der Waals surface area contributed by atoms with Crippen LogP contribution in [-0.4, -0.2) is 12.5 Å². The number of carbonyl (C=O) groups is 1. The molecule has 0 aromatic heterocycles. The van der Waals surface area contributed by atoms with Gasteiger partial charge in [0.15, 0.2) is 0 Å². The number of nitrogens with one attached hydrogen (secondary N) is 1. The Hall–Kier alpha value is -1.79. The van der Waals surface area contributed by atoms with Crippen LogP contribution in [0.2, 0.25) is 0 Å². The highest BCUT2D eigenvalue weighted by Gasteiger charge is 2.17. The van der Waals surface area contributed by atoms with Gasteiger partial charge in [-0.05, 0) is 36.1 Å². The third kappa shape index (κ3) is 4.40. The minimum absolute atomic E-state index is 0.00332. The van der Waals surface area contributed by atoms with E-state index in [-0.39, 0.29) is 11.8 Å². The first-order valence-electron chi connectivity index (χ1n) is 7.12. The van der Waals surface area contributed by atoms with Crippen LogP contribution in [0.4, 0.5) is 5.69 Å². The Morgan fingerprint density at radius 2 is 2.05 bits per heavy atom. The molecule has 3 nitrogen and oxygen atoms in total. The Morgan fingerprint density at radius 1 is 1.35 bits per heavy atom. The first kappa shape index (κ1) is 16.3. The van der Waals surface area contributed by atoms with Crippen LogP contribution in [0.3, 0.4) is 0 Å². The summed E-state index contributed by atoms with van der Waals surface area (Å²) in [5.74, 6) is 6.24. The van der Waals surface area contributed by atoms with Gasteiger partial charge in [0, 0.05) is 17.2 Å². The first-order valence-corrected chi connectivity index (χ1v) is 7.12. The molecular formula is C17H24N2O. The summed E-state index contributed by atoms with van der Waals surface area (Å²) in [6, 6.07) is 5.85. The van der Waals surface area contributed by atoms with Crippen molar-refractivity contribution in [3.63, 3.8) is 0 Å². The van der Waals surface area contributed by atoms with Gasteiger partial charge in [0.1, 0.15) is 0 Å². The molecule has 1 amide bonds. The van der Waals surface area contributed by atoms with Crippen molar-refractivity contribution < 1.29 is 4.79 Å². The lowest BCUT2D eigenvalue weighted by atomic mass is 9.97. The molecule has 1 rings (SSSR count). The number of carbonyl (C=O) groups excluding carboxylic acids is 1. The zero-order valence-electron chi connectivity index (χ0n) is 12.8. The van der Waals surface area contributed by atoms with Gasteiger partial charge in [-0.15, -0.1) is 0 Å². The summed E-state index contributed by atoms with van der Waals surface area (Å²) >= 11 is 0. The van der Waals surface area contributed by atoms with Crippen molar-refractivity contribution in [3.05, 3.63) is 29.3 Å². The molecule has 3 N–H and O–H groups in total. The number of aryl methyl sites for hydroxylation is 1. The van der Waals surface area contributed by atoms with Gasteiger partial charge in [-0.1, -0.05) is 39.5 Å². The van der Waals surface area contributed by atoms with E-state index in [1.54, 1.807) is 0 Å². The van der Waals surface area contributed by atoms with Gasteiger partial charge in [-0.25, -0.2) is 0 Å². The third-order valence-electron chi connectivity index (χ3n) is 3.49. The largest absolute Gasteiger partial charge is 0.326 e. The molecule has 0 radical (unpaired) electrons. The van der Waals surface area contributed by atoms with Gasteiger partial charge < -0.3 is 11.1 Å². The molecule has 0 spiro atoms. The summed E-state index contributed by atoms with van der Waals surface area (Å²) in [6.45, 7) is 8.47. The molecule has 1 atom stereocenters. The second-order valence-corrected chi connectivity index (χ2v) is 5.25. The maximum Gasteiger partial charge on any atom is 0.227 e. The fourth-order valence-corrected chi connectivity index (χ4v) is 1.79. The molecule has 0 heterocycles. The SMILES string of the molecule is CCc1cc(C#CCN)ccc1NC(=O)C(C)C(C)C. The van der Waals surface area contributed by atoms with Gasteiger partial charge in [0.25, 0.3) is 0 Å². The number of anilines is 1. The standard InChI is InChI=1S/C17H24N2O/c1-5-15-11-14(7-6-10-18)8-9-16(15)19-17(20)13(4)12(2)3/h8-9,11-13H,5,10,18H2,1-4H3,(H,19,20). The van der Waals surface area contributed by atoms with Gasteiger partial charge in [-0.3, -0.25) is 4.79 Å². The van der Waals surface area contributed by atoms with E-state index in [0.717, 1.165) is 23.2 Å². The molecule has 0 aliphatic rings. The predicted molar refractivity (Wildman–Crippen MR) is 84.4 cm³/mol. The van der Waals surface area contributed by atoms with Crippen LogP contribution >= 0.6 is 0 Å². The molecule has 20 heavy (non-hydrogen) atoms. The van der Waals surface area contributed by atoms with Crippen LogP contribution in [0.15, 0.2) is 18.2 Å². The van der Waals surface area contributed by atoms with Crippen LogP contribution in [-0.2, 0) is 11.2 Å². The van der Waals surface area contributed by atoms with E-state index in [2.05, 4.69) is 37.9 Å². The molecule has 1 aromatic rings. The molecule has 1 aromatic carbocycles. The normalized spacial score (nSPS) is 11.7. The number of benzene rings is 1. The molecule has 108 valence electrons. The van der Waals surface area contributed by atoms with Gasteiger partial charge >= 0.3 is 0 Å². The summed E-state index contributed by atoms with van der Waals surface area (Å²) in [7, 11) is 0. The molecule has 0 saturated heterocycles. The fraction of sp³-hybridized carbons (Fsp3) is 0.471. The van der Waals surface area contributed by atoms with Crippen molar-refractivity contribution in [2.75, 3.05) is 11.9 Å². The number of rotatable bonds is 4. The summed E-state index contributed by atoms with van der Waals surface area (Å²) in [5.41, 5.74) is 8.28. The first-order chi connectivity index (χ1) is 9.49. The van der Waals surface area contributed by atoms with E-state index >= 15 is 0 Å². The zero-order chi connectivity index (χ0) is 15.1. The minimum atomic E-state index is -0.00332. The van der Waals surface area contributed by atoms with Crippen molar-refractivity contribution in [1.29, 1.82) is 0 Å². The van der Waals surface area contributed by atoms with Crippen LogP contribution in [0.25, 0.3) is 0 Å². The monoisotopic (exact) mass is 272 g/mol. The topological polar surface area (TPSA) is 55.1 Å². The highest BCUT2D eigenvalue weighted by molar-refractivity contribution is 5.93. The van der Waals surface area contributed by atoms with Gasteiger partial charge in [-0.2, -0.15) is 0 Å². The second kappa shape index (κ2) is 7.72. The second-order valence-electron chi connectivity index (χ2n) is 5.25. The number of hydrogen-bond acceptors (Lipinski definition) is 2. The maximum atomic E-state index is 12.1.